The fourth-order valence-corrected chi connectivity index (χ4v) is 3.67. The van der Waals surface area contributed by atoms with Gasteiger partial charge in [0.2, 0.25) is 0 Å². The first-order valence-electron chi connectivity index (χ1n) is 9.20. The number of fused-ring (bicyclic) bond motifs is 1. The number of hydrogen-bond donors (Lipinski definition) is 2. The maximum Gasteiger partial charge on any atom is 0.255 e. The molecule has 1 aromatic heterocycles. The Morgan fingerprint density at radius 2 is 1.96 bits per heavy atom. The Kier molecular flexibility index (Phi) is 8.51. The molecule has 152 valence electrons. The molecule has 4 rings (SSSR count). The van der Waals surface area contributed by atoms with E-state index in [1.807, 2.05) is 12.1 Å². The van der Waals surface area contributed by atoms with Gasteiger partial charge >= 0.3 is 0 Å². The lowest BCUT2D eigenvalue weighted by molar-refractivity contribution is 0.0947. The molecule has 1 aromatic carbocycles. The van der Waals surface area contributed by atoms with Crippen LogP contribution in [-0.4, -0.2) is 50.3 Å². The fraction of sp³-hybridized carbons (Fsp3) is 0.400. The number of rotatable bonds is 4. The molecule has 6 nitrogen and oxygen atoms in total. The van der Waals surface area contributed by atoms with Crippen LogP contribution in [0, 0.1) is 0 Å². The van der Waals surface area contributed by atoms with E-state index in [1.54, 1.807) is 6.20 Å². The topological polar surface area (TPSA) is 66.5 Å². The van der Waals surface area contributed by atoms with Crippen LogP contribution in [0.25, 0.3) is 0 Å². The van der Waals surface area contributed by atoms with Crippen molar-refractivity contribution in [3.8, 4) is 0 Å². The van der Waals surface area contributed by atoms with E-state index in [4.69, 9.17) is 4.74 Å². The van der Waals surface area contributed by atoms with Crippen LogP contribution in [-0.2, 0) is 11.2 Å². The monoisotopic (exact) mass is 424 g/mol. The first kappa shape index (κ1) is 22.4. The molecule has 1 atom stereocenters. The lowest BCUT2D eigenvalue weighted by Crippen LogP contribution is -2.40. The molecule has 0 aliphatic carbocycles. The highest BCUT2D eigenvalue weighted by Crippen LogP contribution is 2.23. The number of carbonyl (C=O) groups excluding carboxylic acids is 1. The summed E-state index contributed by atoms with van der Waals surface area (Å²) in [6.07, 6.45) is 2.77. The molecular formula is C20H26Cl2N4O2. The predicted octanol–water partition coefficient (Wildman–Crippen LogP) is 2.38. The number of pyridine rings is 1. The third-order valence-electron chi connectivity index (χ3n) is 5.02. The van der Waals surface area contributed by atoms with Gasteiger partial charge in [-0.05, 0) is 36.2 Å². The average molecular weight is 425 g/mol. The van der Waals surface area contributed by atoms with Crippen molar-refractivity contribution in [3.63, 3.8) is 0 Å². The number of benzene rings is 1. The second-order valence-corrected chi connectivity index (χ2v) is 6.64. The molecule has 2 aromatic rings. The molecule has 1 fully saturated rings. The van der Waals surface area contributed by atoms with Gasteiger partial charge in [0.05, 0.1) is 18.8 Å². The van der Waals surface area contributed by atoms with Gasteiger partial charge in [-0.15, -0.1) is 24.8 Å². The third-order valence-corrected chi connectivity index (χ3v) is 5.02. The van der Waals surface area contributed by atoms with Crippen molar-refractivity contribution in [2.45, 2.75) is 12.5 Å². The second kappa shape index (κ2) is 10.6. The van der Waals surface area contributed by atoms with Crippen molar-refractivity contribution in [1.82, 2.24) is 15.6 Å². The summed E-state index contributed by atoms with van der Waals surface area (Å²) in [5, 5.41) is 6.59. The molecule has 3 heterocycles. The lowest BCUT2D eigenvalue weighted by atomic mass is 9.94. The number of hydrogen-bond acceptors (Lipinski definition) is 5. The zero-order valence-electron chi connectivity index (χ0n) is 15.6. The Hall–Kier alpha value is -1.86. The van der Waals surface area contributed by atoms with Crippen LogP contribution in [0.3, 0.4) is 0 Å². The standard InChI is InChI=1S/C20H24N4O2.2ClH/c25-20(17-6-3-8-22-19(17)24-10-12-26-13-11-24)23-14-18-16-5-2-1-4-15(16)7-9-21-18;;/h1-6,8,18,21H,7,9-14H2,(H,23,25);2*1H. The molecule has 0 saturated carbocycles. The Balaban J connectivity index is 0.00000140. The molecule has 28 heavy (non-hydrogen) atoms. The Bertz CT molecular complexity index is 784. The first-order chi connectivity index (χ1) is 12.8. The van der Waals surface area contributed by atoms with E-state index in [1.165, 1.54) is 11.1 Å². The number of nitrogens with zero attached hydrogens (tertiary/aromatic N) is 2. The maximum absolute atomic E-state index is 12.8. The average Bonchev–Trinajstić information content (AvgIpc) is 2.72. The molecule has 8 heteroatoms. The van der Waals surface area contributed by atoms with Crippen molar-refractivity contribution in [2.75, 3.05) is 44.3 Å². The molecule has 2 N–H and O–H groups in total. The summed E-state index contributed by atoms with van der Waals surface area (Å²) < 4.78 is 5.40. The summed E-state index contributed by atoms with van der Waals surface area (Å²) in [5.74, 6) is 0.662. The highest BCUT2D eigenvalue weighted by molar-refractivity contribution is 5.98. The van der Waals surface area contributed by atoms with Gasteiger partial charge < -0.3 is 20.3 Å². The number of carbonyl (C=O) groups is 1. The van der Waals surface area contributed by atoms with Crippen molar-refractivity contribution >= 4 is 36.5 Å². The van der Waals surface area contributed by atoms with Gasteiger partial charge in [-0.25, -0.2) is 4.98 Å². The van der Waals surface area contributed by atoms with Crippen molar-refractivity contribution in [2.24, 2.45) is 0 Å². The zero-order valence-corrected chi connectivity index (χ0v) is 17.2. The molecular weight excluding hydrogens is 399 g/mol. The highest BCUT2D eigenvalue weighted by Gasteiger charge is 2.22. The van der Waals surface area contributed by atoms with E-state index >= 15 is 0 Å². The molecule has 1 saturated heterocycles. The van der Waals surface area contributed by atoms with Crippen LogP contribution in [0.5, 0.6) is 0 Å². The first-order valence-corrected chi connectivity index (χ1v) is 9.20. The summed E-state index contributed by atoms with van der Waals surface area (Å²) in [7, 11) is 0. The van der Waals surface area contributed by atoms with E-state index < -0.39 is 0 Å². The maximum atomic E-state index is 12.8. The summed E-state index contributed by atoms with van der Waals surface area (Å²) in [4.78, 5) is 19.4. The number of morpholine rings is 1. The van der Waals surface area contributed by atoms with Crippen LogP contribution in [0.4, 0.5) is 5.82 Å². The van der Waals surface area contributed by atoms with Gasteiger partial charge in [0.1, 0.15) is 5.82 Å². The minimum atomic E-state index is -0.0792. The summed E-state index contributed by atoms with van der Waals surface area (Å²) in [5.41, 5.74) is 3.26. The number of amides is 1. The quantitative estimate of drug-likeness (QED) is 0.788. The fourth-order valence-electron chi connectivity index (χ4n) is 3.67. The number of nitrogens with one attached hydrogen (secondary N) is 2. The van der Waals surface area contributed by atoms with Gasteiger partial charge in [-0.2, -0.15) is 0 Å². The van der Waals surface area contributed by atoms with E-state index in [9.17, 15) is 4.79 Å². The van der Waals surface area contributed by atoms with Crippen molar-refractivity contribution in [3.05, 3.63) is 59.3 Å². The summed E-state index contributed by atoms with van der Waals surface area (Å²) in [6, 6.07) is 12.2. The normalized spacial score (nSPS) is 18.3. The van der Waals surface area contributed by atoms with E-state index in [0.29, 0.717) is 25.3 Å². The number of aromatic nitrogens is 1. The zero-order chi connectivity index (χ0) is 17.8. The van der Waals surface area contributed by atoms with E-state index in [0.717, 1.165) is 31.9 Å². The van der Waals surface area contributed by atoms with Crippen molar-refractivity contribution < 1.29 is 9.53 Å². The molecule has 2 aliphatic heterocycles. The van der Waals surface area contributed by atoms with E-state index in [2.05, 4.69) is 44.8 Å². The Morgan fingerprint density at radius 1 is 1.18 bits per heavy atom. The van der Waals surface area contributed by atoms with Crippen molar-refractivity contribution in [1.29, 1.82) is 0 Å². The van der Waals surface area contributed by atoms with Crippen LogP contribution < -0.4 is 15.5 Å². The van der Waals surface area contributed by atoms with Gasteiger partial charge in [0.25, 0.3) is 5.91 Å². The molecule has 0 radical (unpaired) electrons. The SMILES string of the molecule is Cl.Cl.O=C(NCC1NCCc2ccccc21)c1cccnc1N1CCOCC1. The Morgan fingerprint density at radius 3 is 2.79 bits per heavy atom. The number of ether oxygens (including phenoxy) is 1. The molecule has 0 bridgehead atoms. The van der Waals surface area contributed by atoms with Crippen LogP contribution in [0.15, 0.2) is 42.6 Å². The largest absolute Gasteiger partial charge is 0.378 e. The van der Waals surface area contributed by atoms with Crippen LogP contribution in [0.2, 0.25) is 0 Å². The minimum Gasteiger partial charge on any atom is -0.378 e. The highest BCUT2D eigenvalue weighted by atomic mass is 35.5. The predicted molar refractivity (Wildman–Crippen MR) is 115 cm³/mol. The molecule has 2 aliphatic rings. The molecule has 1 amide bonds. The Labute approximate surface area is 177 Å². The summed E-state index contributed by atoms with van der Waals surface area (Å²) in [6.45, 7) is 4.35. The molecule has 1 unspecified atom stereocenters. The van der Waals surface area contributed by atoms with Crippen LogP contribution in [0.1, 0.15) is 27.5 Å². The number of anilines is 1. The van der Waals surface area contributed by atoms with Gasteiger partial charge in [0.15, 0.2) is 0 Å². The van der Waals surface area contributed by atoms with Gasteiger partial charge in [-0.3, -0.25) is 4.79 Å². The van der Waals surface area contributed by atoms with Crippen LogP contribution >= 0.6 is 24.8 Å². The number of halogens is 2. The van der Waals surface area contributed by atoms with E-state index in [-0.39, 0.29) is 36.8 Å². The minimum absolute atomic E-state index is 0. The smallest absolute Gasteiger partial charge is 0.255 e. The second-order valence-electron chi connectivity index (χ2n) is 6.64. The van der Waals surface area contributed by atoms with Gasteiger partial charge in [0, 0.05) is 31.9 Å². The molecule has 0 spiro atoms. The lowest BCUT2D eigenvalue weighted by Gasteiger charge is -2.29. The third kappa shape index (κ3) is 4.94. The van der Waals surface area contributed by atoms with Gasteiger partial charge in [-0.1, -0.05) is 24.3 Å². The summed E-state index contributed by atoms with van der Waals surface area (Å²) >= 11 is 0.